The molecule has 38 heavy (non-hydrogen) atoms. The second-order valence-corrected chi connectivity index (χ2v) is 3.08. The van der Waals surface area contributed by atoms with Gasteiger partial charge in [0.25, 0.3) is 0 Å². The van der Waals surface area contributed by atoms with Crippen LogP contribution in [0.25, 0.3) is 0 Å². The predicted octanol–water partition coefficient (Wildman–Crippen LogP) is -25.7. The van der Waals surface area contributed by atoms with Gasteiger partial charge in [-0.15, -0.1) is 0 Å². The Labute approximate surface area is 239 Å². The summed E-state index contributed by atoms with van der Waals surface area (Å²) >= 11 is 0. The summed E-state index contributed by atoms with van der Waals surface area (Å²) < 4.78 is 0. The summed E-state index contributed by atoms with van der Waals surface area (Å²) in [6.45, 7) is 0. The van der Waals surface area contributed by atoms with Gasteiger partial charge in [0, 0.05) is 0 Å². The molecular formula is H25B9Li2O27. The van der Waals surface area contributed by atoms with E-state index in [2.05, 4.69) is 0 Å². The topological polar surface area (TPSA) is 552 Å². The first-order valence-electron chi connectivity index (χ1n) is 6.93. The van der Waals surface area contributed by atoms with E-state index in [1.807, 2.05) is 0 Å². The third-order valence-corrected chi connectivity index (χ3v) is 0. The monoisotopic (exact) mass is 570 g/mol. The molecule has 0 aromatic heterocycles. The van der Waals surface area contributed by atoms with Crippen molar-refractivity contribution < 1.29 is 173 Å². The van der Waals surface area contributed by atoms with Crippen LogP contribution in [0.15, 0.2) is 0 Å². The largest absolute Gasteiger partial charge is 1.00 e. The molecule has 0 aromatic rings. The zero-order valence-corrected chi connectivity index (χ0v) is 19.2. The Bertz CT molecular complexity index is 169. The third kappa shape index (κ3) is 95700. The minimum absolute atomic E-state index is 0. The predicted molar refractivity (Wildman–Crippen MR) is 107 cm³/mol. The summed E-state index contributed by atoms with van der Waals surface area (Å²) in [5, 5.41) is 196. The molecule has 0 aliphatic heterocycles. The summed E-state index contributed by atoms with van der Waals surface area (Å²) in [6.07, 6.45) is 0. The number of rotatable bonds is 0. The molecule has 38 heteroatoms. The fourth-order valence-corrected chi connectivity index (χ4v) is 0. The van der Waals surface area contributed by atoms with Crippen LogP contribution in [0.2, 0.25) is 0 Å². The Morgan fingerprint density at radius 1 is 0.211 bits per heavy atom. The van der Waals surface area contributed by atoms with E-state index in [1.165, 1.54) is 0 Å². The first-order chi connectivity index (χ1) is 15.6. The number of hydrogen-bond donors (Lipinski definition) is 25. The molecule has 0 saturated carbocycles. The Kier molecular flexibility index (Phi) is 125. The SMILES string of the molecule is OB(O)O.OB(O)O.OB(O)O.OB(O)O.OB(O)O.OB(O)O.OB(O)O.OB(O)O.[Li+].[Li+].[O-]B([O-])O. The average Bonchev–Trinajstić information content (AvgIpc) is 2.39. The molecule has 0 rings (SSSR count). The van der Waals surface area contributed by atoms with E-state index in [9.17, 15) is 0 Å². The van der Waals surface area contributed by atoms with Crippen molar-refractivity contribution in [3.63, 3.8) is 0 Å². The van der Waals surface area contributed by atoms with E-state index in [4.69, 9.17) is 136 Å². The van der Waals surface area contributed by atoms with Gasteiger partial charge in [0.2, 0.25) is 0 Å². The maximum Gasteiger partial charge on any atom is 1.00 e. The molecule has 0 fully saturated rings. The molecule has 0 heterocycles. The molecule has 0 aliphatic rings. The smallest absolute Gasteiger partial charge is 0.871 e. The molecule has 0 aliphatic carbocycles. The minimum atomic E-state index is -2.67. The fraction of sp³-hybridized carbons (Fsp3) is 0. The summed E-state index contributed by atoms with van der Waals surface area (Å²) in [7, 11) is -20.0. The van der Waals surface area contributed by atoms with Crippen LogP contribution in [0, 0.1) is 0 Å². The molecule has 0 radical (unpaired) electrons. The summed E-state index contributed by atoms with van der Waals surface area (Å²) in [4.78, 5) is 0. The molecule has 216 valence electrons. The Morgan fingerprint density at radius 3 is 0.211 bits per heavy atom. The van der Waals surface area contributed by atoms with Crippen molar-refractivity contribution in [2.45, 2.75) is 0 Å². The van der Waals surface area contributed by atoms with Crippen molar-refractivity contribution in [1.82, 2.24) is 0 Å². The van der Waals surface area contributed by atoms with Crippen LogP contribution in [-0.4, -0.2) is 191 Å². The number of hydrogen-bond acceptors (Lipinski definition) is 27. The van der Waals surface area contributed by atoms with Crippen LogP contribution in [-0.2, 0) is 0 Å². The van der Waals surface area contributed by atoms with Gasteiger partial charge in [-0.05, 0) is 0 Å². The van der Waals surface area contributed by atoms with Gasteiger partial charge in [-0.3, -0.25) is 0 Å². The molecule has 0 spiro atoms. The van der Waals surface area contributed by atoms with Gasteiger partial charge in [-0.25, -0.2) is 0 Å². The second-order valence-electron chi connectivity index (χ2n) is 3.08. The normalized spacial score (nSPS) is 6.39. The van der Waals surface area contributed by atoms with Gasteiger partial charge in [0.1, 0.15) is 0 Å². The average molecular weight is 568 g/mol. The van der Waals surface area contributed by atoms with Crippen molar-refractivity contribution in [2.75, 3.05) is 0 Å². The molecule has 0 saturated heterocycles. The van der Waals surface area contributed by atoms with Crippen LogP contribution >= 0.6 is 0 Å². The molecule has 0 unspecified atom stereocenters. The van der Waals surface area contributed by atoms with Gasteiger partial charge in [0.15, 0.2) is 0 Å². The Balaban J connectivity index is -0.0000000238. The third-order valence-electron chi connectivity index (χ3n) is 0. The Hall–Kier alpha value is 0.699. The van der Waals surface area contributed by atoms with E-state index < -0.39 is 65.9 Å². The molecule has 0 aromatic carbocycles. The minimum Gasteiger partial charge on any atom is -0.871 e. The van der Waals surface area contributed by atoms with E-state index in [0.717, 1.165) is 0 Å². The van der Waals surface area contributed by atoms with E-state index in [0.29, 0.717) is 0 Å². The summed E-state index contributed by atoms with van der Waals surface area (Å²) in [6, 6.07) is 0. The van der Waals surface area contributed by atoms with Gasteiger partial charge in [-0.2, -0.15) is 0 Å². The van der Waals surface area contributed by atoms with Crippen molar-refractivity contribution in [1.29, 1.82) is 0 Å². The van der Waals surface area contributed by atoms with Crippen LogP contribution < -0.4 is 47.8 Å². The van der Waals surface area contributed by atoms with Crippen molar-refractivity contribution in [2.24, 2.45) is 0 Å². The van der Waals surface area contributed by atoms with Crippen molar-refractivity contribution >= 4 is 65.9 Å². The van der Waals surface area contributed by atoms with E-state index in [1.54, 1.807) is 0 Å². The molecule has 0 amide bonds. The van der Waals surface area contributed by atoms with Gasteiger partial charge >= 0.3 is 96.3 Å². The molecule has 27 nitrogen and oxygen atoms in total. The van der Waals surface area contributed by atoms with E-state index in [-0.39, 0.29) is 37.7 Å². The molecule has 0 bridgehead atoms. The zero-order chi connectivity index (χ0) is 32.2. The van der Waals surface area contributed by atoms with Crippen molar-refractivity contribution in [3.05, 3.63) is 0 Å². The maximum atomic E-state index is 8.53. The zero-order valence-electron chi connectivity index (χ0n) is 19.2. The first-order valence-corrected chi connectivity index (χ1v) is 6.93. The molecule has 0 atom stereocenters. The van der Waals surface area contributed by atoms with Crippen LogP contribution in [0.1, 0.15) is 0 Å². The first kappa shape index (κ1) is 71.7. The van der Waals surface area contributed by atoms with E-state index >= 15 is 0 Å². The van der Waals surface area contributed by atoms with Gasteiger partial charge < -0.3 is 136 Å². The van der Waals surface area contributed by atoms with Crippen LogP contribution in [0.4, 0.5) is 0 Å². The van der Waals surface area contributed by atoms with Gasteiger partial charge in [0.05, 0.1) is 7.32 Å². The van der Waals surface area contributed by atoms with Crippen molar-refractivity contribution in [3.8, 4) is 0 Å². The standard InChI is InChI=1S/8BH3O3.BHO3.2Li/c9*2-1(3)4;;/h8*2-4H;2H;;/q;;;;;;;;-2;2*+1. The molecular weight excluding hydrogens is 543 g/mol. The van der Waals surface area contributed by atoms with Crippen LogP contribution in [0.5, 0.6) is 0 Å². The Morgan fingerprint density at radius 2 is 0.211 bits per heavy atom. The van der Waals surface area contributed by atoms with Crippen LogP contribution in [0.3, 0.4) is 0 Å². The molecule has 25 N–H and O–H groups in total. The van der Waals surface area contributed by atoms with Gasteiger partial charge in [-0.1, -0.05) is 0 Å². The quantitative estimate of drug-likeness (QED) is 0.120. The summed E-state index contributed by atoms with van der Waals surface area (Å²) in [5.41, 5.74) is 0. The maximum absolute atomic E-state index is 8.53. The fourth-order valence-electron chi connectivity index (χ4n) is 0. The second kappa shape index (κ2) is 66.2. The summed E-state index contributed by atoms with van der Waals surface area (Å²) in [5.74, 6) is 0.